The Hall–Kier alpha value is -3.09. The van der Waals surface area contributed by atoms with Crippen LogP contribution in [0.5, 0.6) is 0 Å². The molecule has 0 aliphatic rings. The van der Waals surface area contributed by atoms with Gasteiger partial charge in [0.05, 0.1) is 6.20 Å². The van der Waals surface area contributed by atoms with Crippen LogP contribution in [0, 0.1) is 0 Å². The highest BCUT2D eigenvalue weighted by Gasteiger charge is 2.11. The fourth-order valence-electron chi connectivity index (χ4n) is 2.63. The second-order valence-electron chi connectivity index (χ2n) is 5.23. The Bertz CT molecular complexity index is 1010. The summed E-state index contributed by atoms with van der Waals surface area (Å²) in [5.41, 5.74) is 2.55. The molecule has 110 valence electrons. The summed E-state index contributed by atoms with van der Waals surface area (Å²) in [6.45, 7) is 0.637. The van der Waals surface area contributed by atoms with Crippen molar-refractivity contribution in [1.29, 1.82) is 0 Å². The van der Waals surface area contributed by atoms with Gasteiger partial charge in [-0.2, -0.15) is 10.1 Å². The molecule has 3 heterocycles. The molecule has 0 aliphatic carbocycles. The number of benzene rings is 1. The maximum absolute atomic E-state index is 12.0. The number of aromatic amines is 3. The van der Waals surface area contributed by atoms with Crippen molar-refractivity contribution in [3.8, 4) is 0 Å². The molecule has 0 amide bonds. The van der Waals surface area contributed by atoms with Crippen molar-refractivity contribution < 1.29 is 0 Å². The Morgan fingerprint density at radius 3 is 3.05 bits per heavy atom. The lowest BCUT2D eigenvalue weighted by molar-refractivity contribution is 0.871. The first-order valence-electron chi connectivity index (χ1n) is 6.92. The number of rotatable bonds is 3. The summed E-state index contributed by atoms with van der Waals surface area (Å²) in [4.78, 5) is 24.3. The van der Waals surface area contributed by atoms with Crippen LogP contribution in [-0.2, 0) is 6.54 Å². The summed E-state index contributed by atoms with van der Waals surface area (Å²) in [5, 5.41) is 8.21. The second kappa shape index (κ2) is 4.73. The fraction of sp³-hybridized carbons (Fsp3) is 0.133. The van der Waals surface area contributed by atoms with Crippen LogP contribution >= 0.6 is 0 Å². The van der Waals surface area contributed by atoms with E-state index in [2.05, 4.69) is 31.2 Å². The number of fused-ring (bicyclic) bond motifs is 2. The van der Waals surface area contributed by atoms with E-state index >= 15 is 0 Å². The van der Waals surface area contributed by atoms with Crippen molar-refractivity contribution in [3.63, 3.8) is 0 Å². The monoisotopic (exact) mass is 294 g/mol. The predicted molar refractivity (Wildman–Crippen MR) is 84.9 cm³/mol. The van der Waals surface area contributed by atoms with Gasteiger partial charge >= 0.3 is 0 Å². The Labute approximate surface area is 125 Å². The van der Waals surface area contributed by atoms with E-state index in [1.807, 2.05) is 36.3 Å². The summed E-state index contributed by atoms with van der Waals surface area (Å²) in [6.07, 6.45) is 3.40. The van der Waals surface area contributed by atoms with Crippen molar-refractivity contribution in [3.05, 3.63) is 52.6 Å². The van der Waals surface area contributed by atoms with Crippen LogP contribution in [0.15, 0.2) is 41.5 Å². The van der Waals surface area contributed by atoms with Gasteiger partial charge < -0.3 is 9.88 Å². The van der Waals surface area contributed by atoms with Crippen molar-refractivity contribution in [1.82, 2.24) is 25.1 Å². The average Bonchev–Trinajstić information content (AvgIpc) is 3.16. The van der Waals surface area contributed by atoms with Gasteiger partial charge in [-0.15, -0.1) is 0 Å². The Morgan fingerprint density at radius 1 is 1.23 bits per heavy atom. The number of hydrogen-bond donors (Lipinski definition) is 3. The highest BCUT2D eigenvalue weighted by atomic mass is 16.1. The molecule has 22 heavy (non-hydrogen) atoms. The maximum atomic E-state index is 12.0. The zero-order valence-corrected chi connectivity index (χ0v) is 11.9. The third-order valence-electron chi connectivity index (χ3n) is 3.76. The second-order valence-corrected chi connectivity index (χ2v) is 5.23. The Balaban J connectivity index is 1.72. The molecule has 0 radical (unpaired) electrons. The van der Waals surface area contributed by atoms with E-state index in [1.54, 1.807) is 0 Å². The van der Waals surface area contributed by atoms with Gasteiger partial charge in [0.25, 0.3) is 5.56 Å². The molecule has 0 saturated heterocycles. The van der Waals surface area contributed by atoms with Crippen molar-refractivity contribution in [2.75, 3.05) is 11.9 Å². The van der Waals surface area contributed by atoms with E-state index in [4.69, 9.17) is 0 Å². The number of nitrogens with one attached hydrogen (secondary N) is 3. The van der Waals surface area contributed by atoms with Crippen molar-refractivity contribution >= 4 is 27.9 Å². The van der Waals surface area contributed by atoms with Gasteiger partial charge in [-0.05, 0) is 17.7 Å². The molecule has 0 fully saturated rings. The van der Waals surface area contributed by atoms with E-state index in [-0.39, 0.29) is 5.56 Å². The molecule has 0 aliphatic heterocycles. The van der Waals surface area contributed by atoms with Crippen LogP contribution in [-0.4, -0.2) is 32.2 Å². The van der Waals surface area contributed by atoms with Crippen LogP contribution in [0.3, 0.4) is 0 Å². The highest BCUT2D eigenvalue weighted by Crippen LogP contribution is 2.20. The van der Waals surface area contributed by atoms with Crippen LogP contribution in [0.4, 0.5) is 5.95 Å². The zero-order valence-electron chi connectivity index (χ0n) is 11.9. The largest absolute Gasteiger partial charge is 0.361 e. The van der Waals surface area contributed by atoms with Crippen LogP contribution in [0.2, 0.25) is 0 Å². The van der Waals surface area contributed by atoms with E-state index in [0.29, 0.717) is 23.5 Å². The normalized spacial score (nSPS) is 11.3. The molecule has 7 heteroatoms. The highest BCUT2D eigenvalue weighted by molar-refractivity contribution is 5.83. The van der Waals surface area contributed by atoms with Gasteiger partial charge in [-0.1, -0.05) is 12.1 Å². The lowest BCUT2D eigenvalue weighted by Gasteiger charge is -2.18. The summed E-state index contributed by atoms with van der Waals surface area (Å²) in [7, 11) is 1.89. The lowest BCUT2D eigenvalue weighted by atomic mass is 10.1. The Kier molecular flexibility index (Phi) is 2.72. The SMILES string of the molecule is CN(Cc1cccc2[nH]ccc12)c1nc2[nH]ncc2c(=O)[nH]1. The van der Waals surface area contributed by atoms with Gasteiger partial charge in [-0.3, -0.25) is 14.9 Å². The molecule has 3 N–H and O–H groups in total. The number of anilines is 1. The minimum absolute atomic E-state index is 0.194. The quantitative estimate of drug-likeness (QED) is 0.537. The lowest BCUT2D eigenvalue weighted by Crippen LogP contribution is -2.22. The van der Waals surface area contributed by atoms with Crippen LogP contribution in [0.25, 0.3) is 21.9 Å². The maximum Gasteiger partial charge on any atom is 0.263 e. The van der Waals surface area contributed by atoms with Crippen LogP contribution < -0.4 is 10.5 Å². The van der Waals surface area contributed by atoms with Gasteiger partial charge in [0.2, 0.25) is 5.95 Å². The predicted octanol–water partition coefficient (Wildman–Crippen LogP) is 1.76. The zero-order chi connectivity index (χ0) is 15.1. The van der Waals surface area contributed by atoms with E-state index in [0.717, 1.165) is 11.1 Å². The Morgan fingerprint density at radius 2 is 2.14 bits per heavy atom. The van der Waals surface area contributed by atoms with Crippen molar-refractivity contribution in [2.24, 2.45) is 0 Å². The molecule has 0 saturated carbocycles. The standard InChI is InChI=1S/C15H14N6O/c1-21(8-9-3-2-4-12-10(9)5-6-16-12)15-18-13-11(7-17-20-13)14(22)19-15/h2-7,16H,8H2,1H3,(H2,17,18,19,20,22). The fourth-order valence-corrected chi connectivity index (χ4v) is 2.63. The van der Waals surface area contributed by atoms with Gasteiger partial charge in [0, 0.05) is 30.7 Å². The summed E-state index contributed by atoms with van der Waals surface area (Å²) >= 11 is 0. The molecule has 4 rings (SSSR count). The van der Waals surface area contributed by atoms with E-state index < -0.39 is 0 Å². The molecular formula is C15H14N6O. The summed E-state index contributed by atoms with van der Waals surface area (Å²) in [5.74, 6) is 0.509. The third-order valence-corrected chi connectivity index (χ3v) is 3.76. The topological polar surface area (TPSA) is 93.5 Å². The molecule has 0 unspecified atom stereocenters. The van der Waals surface area contributed by atoms with Crippen molar-refractivity contribution in [2.45, 2.75) is 6.54 Å². The first kappa shape index (κ1) is 12.6. The molecule has 0 bridgehead atoms. The first-order chi connectivity index (χ1) is 10.7. The van der Waals surface area contributed by atoms with Gasteiger partial charge in [0.15, 0.2) is 5.65 Å². The molecule has 1 aromatic carbocycles. The number of H-pyrrole nitrogens is 3. The number of aromatic nitrogens is 5. The molecule has 0 atom stereocenters. The number of hydrogen-bond acceptors (Lipinski definition) is 4. The average molecular weight is 294 g/mol. The number of nitrogens with zero attached hydrogens (tertiary/aromatic N) is 3. The first-order valence-corrected chi connectivity index (χ1v) is 6.92. The molecule has 0 spiro atoms. The smallest absolute Gasteiger partial charge is 0.263 e. The summed E-state index contributed by atoms with van der Waals surface area (Å²) in [6, 6.07) is 8.16. The molecule has 3 aromatic heterocycles. The molecule has 4 aromatic rings. The molecular weight excluding hydrogens is 280 g/mol. The van der Waals surface area contributed by atoms with E-state index in [9.17, 15) is 4.79 Å². The minimum atomic E-state index is -0.194. The van der Waals surface area contributed by atoms with E-state index in [1.165, 1.54) is 11.6 Å². The minimum Gasteiger partial charge on any atom is -0.361 e. The van der Waals surface area contributed by atoms with Gasteiger partial charge in [0.1, 0.15) is 5.39 Å². The summed E-state index contributed by atoms with van der Waals surface area (Å²) < 4.78 is 0. The third kappa shape index (κ3) is 1.95. The van der Waals surface area contributed by atoms with Crippen LogP contribution in [0.1, 0.15) is 5.56 Å². The van der Waals surface area contributed by atoms with Gasteiger partial charge in [-0.25, -0.2) is 0 Å². The molecule has 7 nitrogen and oxygen atoms in total.